The largest absolute Gasteiger partial charge is 0.350 e. The van der Waals surface area contributed by atoms with Crippen molar-refractivity contribution in [2.24, 2.45) is 0 Å². The van der Waals surface area contributed by atoms with E-state index in [0.717, 1.165) is 34.8 Å². The van der Waals surface area contributed by atoms with Crippen molar-refractivity contribution in [3.63, 3.8) is 0 Å². The van der Waals surface area contributed by atoms with Crippen molar-refractivity contribution in [2.45, 2.75) is 25.8 Å². The average molecular weight is 322 g/mol. The zero-order valence-corrected chi connectivity index (χ0v) is 13.2. The number of fused-ring (bicyclic) bond motifs is 5. The normalized spacial score (nSPS) is 13.7. The number of pyridine rings is 1. The number of anilines is 1. The van der Waals surface area contributed by atoms with Crippen molar-refractivity contribution in [3.8, 4) is 0 Å². The molecule has 0 unspecified atom stereocenters. The molecule has 0 fully saturated rings. The Kier molecular flexibility index (Phi) is 2.81. The lowest BCUT2D eigenvalue weighted by Crippen LogP contribution is -2.07. The molecule has 114 valence electrons. The van der Waals surface area contributed by atoms with Crippen LogP contribution in [0.5, 0.6) is 0 Å². The van der Waals surface area contributed by atoms with E-state index >= 15 is 0 Å². The lowest BCUT2D eigenvalue weighted by atomic mass is 10.2. The third kappa shape index (κ3) is 2.00. The van der Waals surface area contributed by atoms with Crippen LogP contribution in [0.2, 0.25) is 0 Å². The van der Waals surface area contributed by atoms with Crippen molar-refractivity contribution in [1.82, 2.24) is 24.6 Å². The Morgan fingerprint density at radius 3 is 3.22 bits per heavy atom. The smallest absolute Gasteiger partial charge is 0.227 e. The highest BCUT2D eigenvalue weighted by molar-refractivity contribution is 7.19. The minimum absolute atomic E-state index is 0.659. The molecular weight excluding hydrogens is 308 g/mol. The van der Waals surface area contributed by atoms with Crippen LogP contribution in [-0.4, -0.2) is 24.6 Å². The van der Waals surface area contributed by atoms with Crippen LogP contribution < -0.4 is 5.32 Å². The maximum atomic E-state index is 4.80. The Bertz CT molecular complexity index is 1000. The molecule has 7 heteroatoms. The molecule has 6 nitrogen and oxygen atoms in total. The number of hydrogen-bond acceptors (Lipinski definition) is 6. The van der Waals surface area contributed by atoms with E-state index in [1.165, 1.54) is 22.2 Å². The van der Waals surface area contributed by atoms with Gasteiger partial charge in [-0.15, -0.1) is 11.3 Å². The molecule has 0 bridgehead atoms. The van der Waals surface area contributed by atoms with Gasteiger partial charge in [0.25, 0.3) is 0 Å². The first-order chi connectivity index (χ1) is 11.4. The SMILES string of the molecule is c1cncc(CNc2nc3sc4c(c3c3ncnn23)CCC4)c1. The number of hydrogen-bond donors (Lipinski definition) is 1. The van der Waals surface area contributed by atoms with E-state index in [-0.39, 0.29) is 0 Å². The van der Waals surface area contributed by atoms with E-state index in [4.69, 9.17) is 4.98 Å². The highest BCUT2D eigenvalue weighted by Gasteiger charge is 2.22. The van der Waals surface area contributed by atoms with Gasteiger partial charge < -0.3 is 5.32 Å². The number of aromatic nitrogens is 5. The molecule has 5 rings (SSSR count). The summed E-state index contributed by atoms with van der Waals surface area (Å²) in [6, 6.07) is 3.97. The first kappa shape index (κ1) is 13.0. The summed E-state index contributed by atoms with van der Waals surface area (Å²) in [7, 11) is 0. The number of rotatable bonds is 3. The summed E-state index contributed by atoms with van der Waals surface area (Å²) in [4.78, 5) is 15.9. The summed E-state index contributed by atoms with van der Waals surface area (Å²) >= 11 is 1.80. The Balaban J connectivity index is 1.62. The molecular formula is C16H14N6S. The predicted molar refractivity (Wildman–Crippen MR) is 89.8 cm³/mol. The van der Waals surface area contributed by atoms with E-state index in [2.05, 4.69) is 20.4 Å². The summed E-state index contributed by atoms with van der Waals surface area (Å²) in [6.07, 6.45) is 8.75. The van der Waals surface area contributed by atoms with Gasteiger partial charge in [-0.3, -0.25) is 4.98 Å². The Labute approximate surface area is 136 Å². The quantitative estimate of drug-likeness (QED) is 0.628. The predicted octanol–water partition coefficient (Wildman–Crippen LogP) is 2.83. The zero-order chi connectivity index (χ0) is 15.2. The van der Waals surface area contributed by atoms with E-state index in [9.17, 15) is 0 Å². The topological polar surface area (TPSA) is 68.0 Å². The molecule has 0 spiro atoms. The van der Waals surface area contributed by atoms with Gasteiger partial charge in [-0.1, -0.05) is 6.07 Å². The minimum atomic E-state index is 0.659. The van der Waals surface area contributed by atoms with Gasteiger partial charge in [0.2, 0.25) is 5.95 Å². The fourth-order valence-corrected chi connectivity index (χ4v) is 4.46. The molecule has 1 aliphatic carbocycles. The first-order valence-corrected chi connectivity index (χ1v) is 8.48. The Morgan fingerprint density at radius 2 is 2.30 bits per heavy atom. The third-order valence-corrected chi connectivity index (χ3v) is 5.44. The van der Waals surface area contributed by atoms with Crippen LogP contribution in [0.1, 0.15) is 22.4 Å². The van der Waals surface area contributed by atoms with Crippen LogP contribution in [0.25, 0.3) is 15.9 Å². The fraction of sp³-hybridized carbons (Fsp3) is 0.250. The van der Waals surface area contributed by atoms with Crippen LogP contribution in [0.15, 0.2) is 30.9 Å². The van der Waals surface area contributed by atoms with Gasteiger partial charge in [-0.05, 0) is 36.5 Å². The van der Waals surface area contributed by atoms with Crippen molar-refractivity contribution in [2.75, 3.05) is 5.32 Å². The highest BCUT2D eigenvalue weighted by Crippen LogP contribution is 2.38. The molecule has 0 saturated heterocycles. The van der Waals surface area contributed by atoms with E-state index < -0.39 is 0 Å². The molecule has 0 saturated carbocycles. The van der Waals surface area contributed by atoms with Gasteiger partial charge in [0.1, 0.15) is 11.2 Å². The van der Waals surface area contributed by atoms with Crippen LogP contribution in [0.4, 0.5) is 5.95 Å². The fourth-order valence-electron chi connectivity index (χ4n) is 3.21. The van der Waals surface area contributed by atoms with Crippen LogP contribution in [0, 0.1) is 0 Å². The lowest BCUT2D eigenvalue weighted by Gasteiger charge is -2.08. The molecule has 0 radical (unpaired) electrons. The first-order valence-electron chi connectivity index (χ1n) is 7.67. The van der Waals surface area contributed by atoms with E-state index in [0.29, 0.717) is 6.54 Å². The second-order valence-corrected chi connectivity index (χ2v) is 6.77. The summed E-state index contributed by atoms with van der Waals surface area (Å²) in [5, 5.41) is 8.91. The summed E-state index contributed by atoms with van der Waals surface area (Å²) in [5.74, 6) is 0.730. The molecule has 4 aromatic heterocycles. The molecule has 0 aromatic carbocycles. The molecule has 23 heavy (non-hydrogen) atoms. The number of nitrogens with one attached hydrogen (secondary N) is 1. The van der Waals surface area contributed by atoms with Gasteiger partial charge in [-0.2, -0.15) is 9.61 Å². The maximum Gasteiger partial charge on any atom is 0.227 e. The molecule has 4 aromatic rings. The van der Waals surface area contributed by atoms with Gasteiger partial charge in [0, 0.05) is 23.8 Å². The molecule has 0 aliphatic heterocycles. The number of aryl methyl sites for hydroxylation is 2. The standard InChI is InChI=1S/C16H14N6S/c1-4-11-12(5-1)23-15-13(11)14-19-9-20-22(14)16(21-15)18-8-10-3-2-6-17-7-10/h2-3,6-7,9H,1,4-5,8H2,(H,18,21). The summed E-state index contributed by atoms with van der Waals surface area (Å²) in [5.41, 5.74) is 3.44. The second-order valence-electron chi connectivity index (χ2n) is 5.68. The van der Waals surface area contributed by atoms with Crippen molar-refractivity contribution >= 4 is 33.1 Å². The molecule has 1 N–H and O–H groups in total. The zero-order valence-electron chi connectivity index (χ0n) is 12.4. The van der Waals surface area contributed by atoms with Crippen molar-refractivity contribution in [3.05, 3.63) is 46.9 Å². The Morgan fingerprint density at radius 1 is 1.30 bits per heavy atom. The monoisotopic (exact) mass is 322 g/mol. The third-order valence-electron chi connectivity index (χ3n) is 4.26. The lowest BCUT2D eigenvalue weighted by molar-refractivity contribution is 0.909. The van der Waals surface area contributed by atoms with Crippen LogP contribution >= 0.6 is 11.3 Å². The van der Waals surface area contributed by atoms with Crippen molar-refractivity contribution < 1.29 is 0 Å². The molecule has 0 atom stereocenters. The second kappa shape index (κ2) is 4.99. The van der Waals surface area contributed by atoms with E-state index in [1.54, 1.807) is 23.9 Å². The highest BCUT2D eigenvalue weighted by atomic mass is 32.1. The van der Waals surface area contributed by atoms with Gasteiger partial charge in [0.05, 0.1) is 5.39 Å². The van der Waals surface area contributed by atoms with Gasteiger partial charge >= 0.3 is 0 Å². The van der Waals surface area contributed by atoms with Gasteiger partial charge in [0.15, 0.2) is 5.65 Å². The molecule has 4 heterocycles. The summed E-state index contributed by atoms with van der Waals surface area (Å²) < 4.78 is 1.81. The molecule has 1 aliphatic rings. The van der Waals surface area contributed by atoms with Gasteiger partial charge in [-0.25, -0.2) is 9.97 Å². The Hall–Kier alpha value is -2.54. The number of thiophene rings is 1. The van der Waals surface area contributed by atoms with Crippen molar-refractivity contribution in [1.29, 1.82) is 0 Å². The summed E-state index contributed by atoms with van der Waals surface area (Å²) in [6.45, 7) is 0.659. The molecule has 0 amide bonds. The average Bonchev–Trinajstić information content (AvgIpc) is 3.28. The number of nitrogens with zero attached hydrogens (tertiary/aromatic N) is 5. The van der Waals surface area contributed by atoms with E-state index in [1.807, 2.05) is 22.8 Å². The maximum absolute atomic E-state index is 4.80. The van der Waals surface area contributed by atoms with Crippen LogP contribution in [0.3, 0.4) is 0 Å². The van der Waals surface area contributed by atoms with Crippen LogP contribution in [-0.2, 0) is 19.4 Å². The minimum Gasteiger partial charge on any atom is -0.350 e.